The number of hydrogen-bond donors (Lipinski definition) is 1. The molecule has 11 heteroatoms. The number of halogens is 2. The maximum absolute atomic E-state index is 13.1. The van der Waals surface area contributed by atoms with E-state index in [-0.39, 0.29) is 43.9 Å². The maximum Gasteiger partial charge on any atom is 0.320 e. The predicted molar refractivity (Wildman–Crippen MR) is 140 cm³/mol. The van der Waals surface area contributed by atoms with Gasteiger partial charge in [-0.15, -0.1) is 36.2 Å². The summed E-state index contributed by atoms with van der Waals surface area (Å²) in [5, 5.41) is 0. The molecule has 0 bridgehead atoms. The van der Waals surface area contributed by atoms with Crippen molar-refractivity contribution in [2.45, 2.75) is 26.0 Å². The zero-order valence-electron chi connectivity index (χ0n) is 19.5. The standard InChI is InChI=1S/C24H25N3O5S.2ClH/c1-24(2,32-21(28)11-25)14-31-18-7-6-17(10-19(18)30-3)27-13-16-9-20(33-22(16)23(27)29)15-5-4-8-26-12-15;;/h4-10,12H,11,13-14,25H2,1-3H3;2*1H. The maximum atomic E-state index is 13.1. The second-order valence-electron chi connectivity index (χ2n) is 8.16. The molecule has 0 unspecified atom stereocenters. The molecule has 1 aliphatic heterocycles. The van der Waals surface area contributed by atoms with Crippen LogP contribution in [0.25, 0.3) is 10.4 Å². The van der Waals surface area contributed by atoms with Crippen LogP contribution < -0.4 is 20.1 Å². The fraction of sp³-hybridized carbons (Fsp3) is 0.292. The Bertz CT molecular complexity index is 1190. The van der Waals surface area contributed by atoms with Crippen molar-refractivity contribution in [3.63, 3.8) is 0 Å². The van der Waals surface area contributed by atoms with E-state index in [4.69, 9.17) is 19.9 Å². The number of thiophene rings is 1. The highest BCUT2D eigenvalue weighted by Crippen LogP contribution is 2.40. The van der Waals surface area contributed by atoms with E-state index in [9.17, 15) is 9.59 Å². The van der Waals surface area contributed by atoms with Crippen LogP contribution in [0.4, 0.5) is 5.69 Å². The number of nitrogens with zero attached hydrogens (tertiary/aromatic N) is 2. The molecular weight excluding hydrogens is 513 g/mol. The SMILES string of the molecule is COc1cc(N2Cc3cc(-c4cccnc4)sc3C2=O)ccc1OCC(C)(C)OC(=O)CN.Cl.Cl. The van der Waals surface area contributed by atoms with Gasteiger partial charge in [-0.25, -0.2) is 0 Å². The molecule has 35 heavy (non-hydrogen) atoms. The third kappa shape index (κ3) is 6.24. The Balaban J connectivity index is 0.00000216. The van der Waals surface area contributed by atoms with E-state index in [2.05, 4.69) is 4.98 Å². The Kier molecular flexibility index (Phi) is 9.51. The van der Waals surface area contributed by atoms with Crippen LogP contribution in [-0.2, 0) is 16.1 Å². The van der Waals surface area contributed by atoms with Crippen LogP contribution in [-0.4, -0.2) is 42.7 Å². The summed E-state index contributed by atoms with van der Waals surface area (Å²) in [6.07, 6.45) is 3.53. The first-order valence-electron chi connectivity index (χ1n) is 10.4. The number of benzene rings is 1. The molecule has 0 spiro atoms. The number of esters is 1. The first-order chi connectivity index (χ1) is 15.8. The second-order valence-corrected chi connectivity index (χ2v) is 9.21. The smallest absolute Gasteiger partial charge is 0.320 e. The average molecular weight is 540 g/mol. The number of pyridine rings is 1. The molecule has 188 valence electrons. The van der Waals surface area contributed by atoms with Crippen molar-refractivity contribution in [3.05, 3.63) is 59.2 Å². The molecule has 1 aliphatic rings. The molecule has 0 radical (unpaired) electrons. The monoisotopic (exact) mass is 539 g/mol. The summed E-state index contributed by atoms with van der Waals surface area (Å²) in [4.78, 5) is 32.2. The number of nitrogens with two attached hydrogens (primary N) is 1. The van der Waals surface area contributed by atoms with Gasteiger partial charge in [0.2, 0.25) is 0 Å². The number of anilines is 1. The molecule has 0 saturated carbocycles. The molecule has 0 saturated heterocycles. The number of carbonyl (C=O) groups excluding carboxylic acids is 2. The van der Waals surface area contributed by atoms with Gasteiger partial charge in [-0.3, -0.25) is 14.6 Å². The Morgan fingerprint density at radius 2 is 1.97 bits per heavy atom. The molecule has 0 atom stereocenters. The van der Waals surface area contributed by atoms with Crippen LogP contribution in [0.3, 0.4) is 0 Å². The van der Waals surface area contributed by atoms with Gasteiger partial charge in [-0.2, -0.15) is 0 Å². The van der Waals surface area contributed by atoms with Gasteiger partial charge in [-0.05, 0) is 43.7 Å². The van der Waals surface area contributed by atoms with Gasteiger partial charge in [0, 0.05) is 34.6 Å². The Morgan fingerprint density at radius 1 is 1.20 bits per heavy atom. The molecule has 1 amide bonds. The predicted octanol–water partition coefficient (Wildman–Crippen LogP) is 4.48. The number of carbonyl (C=O) groups is 2. The summed E-state index contributed by atoms with van der Waals surface area (Å²) in [6.45, 7) is 3.88. The lowest BCUT2D eigenvalue weighted by Gasteiger charge is -2.25. The lowest BCUT2D eigenvalue weighted by Crippen LogP contribution is -2.37. The van der Waals surface area contributed by atoms with Gasteiger partial charge in [-0.1, -0.05) is 6.07 Å². The van der Waals surface area contributed by atoms with Crippen molar-refractivity contribution in [2.24, 2.45) is 5.73 Å². The van der Waals surface area contributed by atoms with Crippen molar-refractivity contribution in [1.29, 1.82) is 0 Å². The van der Waals surface area contributed by atoms with E-state index in [0.717, 1.165) is 20.9 Å². The highest BCUT2D eigenvalue weighted by Gasteiger charge is 2.32. The molecule has 2 N–H and O–H groups in total. The van der Waals surface area contributed by atoms with E-state index in [1.54, 1.807) is 43.3 Å². The third-order valence-electron chi connectivity index (χ3n) is 5.11. The summed E-state index contributed by atoms with van der Waals surface area (Å²) in [6, 6.07) is 11.2. The zero-order valence-corrected chi connectivity index (χ0v) is 21.9. The van der Waals surface area contributed by atoms with Gasteiger partial charge in [0.15, 0.2) is 11.5 Å². The lowest BCUT2D eigenvalue weighted by molar-refractivity contribution is -0.157. The van der Waals surface area contributed by atoms with Crippen LogP contribution in [0.15, 0.2) is 48.8 Å². The van der Waals surface area contributed by atoms with Crippen molar-refractivity contribution in [1.82, 2.24) is 4.98 Å². The molecule has 0 aliphatic carbocycles. The minimum atomic E-state index is -0.856. The minimum absolute atomic E-state index is 0. The van der Waals surface area contributed by atoms with Crippen LogP contribution in [0.2, 0.25) is 0 Å². The van der Waals surface area contributed by atoms with E-state index in [0.29, 0.717) is 23.7 Å². The van der Waals surface area contributed by atoms with Crippen LogP contribution in [0.5, 0.6) is 11.5 Å². The van der Waals surface area contributed by atoms with Crippen LogP contribution >= 0.6 is 36.2 Å². The first-order valence-corrected chi connectivity index (χ1v) is 11.2. The normalized spacial score (nSPS) is 12.3. The number of fused-ring (bicyclic) bond motifs is 1. The Morgan fingerprint density at radius 3 is 2.60 bits per heavy atom. The van der Waals surface area contributed by atoms with Crippen molar-refractivity contribution in [2.75, 3.05) is 25.2 Å². The molecular formula is C24H27Cl2N3O5S. The summed E-state index contributed by atoms with van der Waals surface area (Å²) in [5.41, 5.74) is 7.16. The largest absolute Gasteiger partial charge is 0.493 e. The van der Waals surface area contributed by atoms with Gasteiger partial charge < -0.3 is 24.8 Å². The van der Waals surface area contributed by atoms with Gasteiger partial charge >= 0.3 is 5.97 Å². The fourth-order valence-corrected chi connectivity index (χ4v) is 4.64. The highest BCUT2D eigenvalue weighted by atomic mass is 35.5. The van der Waals surface area contributed by atoms with Gasteiger partial charge in [0.05, 0.1) is 25.1 Å². The van der Waals surface area contributed by atoms with E-state index < -0.39 is 11.6 Å². The number of aromatic nitrogens is 1. The molecule has 4 rings (SSSR count). The van der Waals surface area contributed by atoms with Crippen molar-refractivity contribution in [3.8, 4) is 21.9 Å². The van der Waals surface area contributed by atoms with Crippen molar-refractivity contribution < 1.29 is 23.8 Å². The molecule has 8 nitrogen and oxygen atoms in total. The van der Waals surface area contributed by atoms with Gasteiger partial charge in [0.25, 0.3) is 5.91 Å². The lowest BCUT2D eigenvalue weighted by atomic mass is 10.1. The average Bonchev–Trinajstić information content (AvgIpc) is 3.37. The van der Waals surface area contributed by atoms with E-state index in [1.807, 2.05) is 24.3 Å². The highest BCUT2D eigenvalue weighted by molar-refractivity contribution is 7.17. The molecule has 3 heterocycles. The first kappa shape index (κ1) is 28.4. The minimum Gasteiger partial charge on any atom is -0.493 e. The number of ether oxygens (including phenoxy) is 3. The van der Waals surface area contributed by atoms with Gasteiger partial charge in [0.1, 0.15) is 12.2 Å². The topological polar surface area (TPSA) is 104 Å². The van der Waals surface area contributed by atoms with Crippen LogP contribution in [0.1, 0.15) is 29.1 Å². The summed E-state index contributed by atoms with van der Waals surface area (Å²) < 4.78 is 16.6. The quantitative estimate of drug-likeness (QED) is 0.420. The third-order valence-corrected chi connectivity index (χ3v) is 6.33. The zero-order chi connectivity index (χ0) is 23.6. The van der Waals surface area contributed by atoms with E-state index in [1.165, 1.54) is 18.4 Å². The second kappa shape index (κ2) is 11.7. The van der Waals surface area contributed by atoms with Crippen molar-refractivity contribution >= 4 is 53.7 Å². The summed E-state index contributed by atoms with van der Waals surface area (Å²) in [5.74, 6) is 0.416. The summed E-state index contributed by atoms with van der Waals surface area (Å²) in [7, 11) is 1.54. The molecule has 2 aromatic heterocycles. The van der Waals surface area contributed by atoms with Crippen LogP contribution in [0, 0.1) is 0 Å². The molecule has 1 aromatic carbocycles. The number of amides is 1. The molecule has 0 fully saturated rings. The number of rotatable bonds is 8. The Hall–Kier alpha value is -2.85. The number of hydrogen-bond acceptors (Lipinski definition) is 8. The molecule has 3 aromatic rings. The number of methoxy groups -OCH3 is 1. The Labute approximate surface area is 220 Å². The van der Waals surface area contributed by atoms with E-state index >= 15 is 0 Å². The fourth-order valence-electron chi connectivity index (χ4n) is 3.53. The summed E-state index contributed by atoms with van der Waals surface area (Å²) >= 11 is 1.47.